The van der Waals surface area contributed by atoms with Gasteiger partial charge in [-0.3, -0.25) is 4.90 Å². The van der Waals surface area contributed by atoms with Gasteiger partial charge in [-0.2, -0.15) is 0 Å². The van der Waals surface area contributed by atoms with Crippen LogP contribution in [0.25, 0.3) is 0 Å². The Kier molecular flexibility index (Phi) is 5.42. The molecule has 0 aromatic rings. The van der Waals surface area contributed by atoms with E-state index in [0.29, 0.717) is 0 Å². The van der Waals surface area contributed by atoms with Crippen LogP contribution in [0.3, 0.4) is 0 Å². The molecule has 0 spiro atoms. The van der Waals surface area contributed by atoms with Crippen molar-refractivity contribution in [1.29, 1.82) is 0 Å². The van der Waals surface area contributed by atoms with Crippen LogP contribution in [0.2, 0.25) is 45.8 Å². The summed E-state index contributed by atoms with van der Waals surface area (Å²) in [5.41, 5.74) is 0. The Labute approximate surface area is 122 Å². The molecule has 112 valence electrons. The molecule has 0 aromatic carbocycles. The number of hydrogen-bond acceptors (Lipinski definition) is 3. The first-order valence-corrected chi connectivity index (χ1v) is 16.4. The summed E-state index contributed by atoms with van der Waals surface area (Å²) in [6.07, 6.45) is 2.36. The first kappa shape index (κ1) is 17.3. The van der Waals surface area contributed by atoms with Crippen LogP contribution in [-0.4, -0.2) is 49.7 Å². The summed E-state index contributed by atoms with van der Waals surface area (Å²) in [7, 11) is -5.39. The highest BCUT2D eigenvalue weighted by atomic mass is 28.5. The van der Waals surface area contributed by atoms with Crippen molar-refractivity contribution >= 4 is 25.2 Å². The van der Waals surface area contributed by atoms with E-state index in [1.807, 2.05) is 0 Å². The molecule has 0 saturated heterocycles. The van der Waals surface area contributed by atoms with Crippen LogP contribution in [0.1, 0.15) is 6.92 Å². The smallest absolute Gasteiger partial charge is 0.345 e. The zero-order valence-corrected chi connectivity index (χ0v) is 17.0. The molecule has 0 aromatic heterocycles. The maximum atomic E-state index is 6.57. The molecular weight excluding hydrogens is 286 g/mol. The van der Waals surface area contributed by atoms with Gasteiger partial charge in [-0.25, -0.2) is 0 Å². The predicted molar refractivity (Wildman–Crippen MR) is 90.7 cm³/mol. The molecule has 0 radical (unpaired) electrons. The van der Waals surface area contributed by atoms with E-state index in [0.717, 1.165) is 19.6 Å². The van der Waals surface area contributed by atoms with E-state index in [2.05, 4.69) is 63.7 Å². The molecule has 0 unspecified atom stereocenters. The van der Waals surface area contributed by atoms with Gasteiger partial charge < -0.3 is 8.23 Å². The largest absolute Gasteiger partial charge is 0.434 e. The van der Waals surface area contributed by atoms with Crippen molar-refractivity contribution in [2.75, 3.05) is 19.6 Å². The van der Waals surface area contributed by atoms with Gasteiger partial charge in [0.1, 0.15) is 0 Å². The number of hydrogen-bond donors (Lipinski definition) is 0. The highest BCUT2D eigenvalue weighted by molar-refractivity contribution is 6.91. The van der Waals surface area contributed by atoms with E-state index in [-0.39, 0.29) is 0 Å². The standard InChI is InChI=1S/C13H31NO2Si3/c1-9-14-11-10-13(12-14)19(8,15-17(2,3)4)16-18(5,6)7/h10H,9,11-12H2,1-8H3. The van der Waals surface area contributed by atoms with Crippen LogP contribution >= 0.6 is 0 Å². The summed E-state index contributed by atoms with van der Waals surface area (Å²) < 4.78 is 13.1. The molecule has 0 saturated carbocycles. The van der Waals surface area contributed by atoms with Gasteiger partial charge in [-0.15, -0.1) is 0 Å². The molecule has 3 nitrogen and oxygen atoms in total. The lowest BCUT2D eigenvalue weighted by molar-refractivity contribution is 0.357. The Morgan fingerprint density at radius 2 is 1.47 bits per heavy atom. The molecule has 1 rings (SSSR count). The van der Waals surface area contributed by atoms with Gasteiger partial charge in [0, 0.05) is 13.1 Å². The van der Waals surface area contributed by atoms with E-state index in [1.54, 1.807) is 0 Å². The zero-order chi connectivity index (χ0) is 14.9. The van der Waals surface area contributed by atoms with E-state index in [1.165, 1.54) is 5.20 Å². The molecule has 1 aliphatic heterocycles. The van der Waals surface area contributed by atoms with Gasteiger partial charge in [0.25, 0.3) is 0 Å². The molecule has 0 aliphatic carbocycles. The maximum Gasteiger partial charge on any atom is 0.345 e. The SMILES string of the molecule is CCN1CC=C([Si](C)(O[Si](C)(C)C)O[Si](C)(C)C)C1. The molecule has 0 amide bonds. The number of rotatable bonds is 6. The first-order chi connectivity index (χ1) is 8.45. The zero-order valence-electron chi connectivity index (χ0n) is 14.0. The molecule has 0 atom stereocenters. The molecule has 0 N–H and O–H groups in total. The summed E-state index contributed by atoms with van der Waals surface area (Å²) in [6.45, 7) is 21.2. The number of likely N-dealkylation sites (N-methyl/N-ethyl adjacent to an activating group) is 1. The predicted octanol–water partition coefficient (Wildman–Crippen LogP) is 3.56. The molecule has 6 heteroatoms. The monoisotopic (exact) mass is 317 g/mol. The molecule has 1 aliphatic rings. The van der Waals surface area contributed by atoms with Crippen LogP contribution in [-0.2, 0) is 8.23 Å². The van der Waals surface area contributed by atoms with Crippen molar-refractivity contribution in [3.8, 4) is 0 Å². The first-order valence-electron chi connectivity index (χ1n) is 7.27. The Bertz CT molecular complexity index is 329. The van der Waals surface area contributed by atoms with Gasteiger partial charge in [-0.05, 0) is 57.6 Å². The van der Waals surface area contributed by atoms with Crippen LogP contribution in [0.5, 0.6) is 0 Å². The highest BCUT2D eigenvalue weighted by Crippen LogP contribution is 2.29. The lowest BCUT2D eigenvalue weighted by atomic mass is 10.6. The summed E-state index contributed by atoms with van der Waals surface area (Å²) >= 11 is 0. The van der Waals surface area contributed by atoms with Gasteiger partial charge in [0.2, 0.25) is 0 Å². The van der Waals surface area contributed by atoms with Crippen LogP contribution in [0.15, 0.2) is 11.3 Å². The molecule has 1 heterocycles. The maximum absolute atomic E-state index is 6.57. The number of nitrogens with zero attached hydrogens (tertiary/aromatic N) is 1. The topological polar surface area (TPSA) is 21.7 Å². The highest BCUT2D eigenvalue weighted by Gasteiger charge is 2.44. The fourth-order valence-electron chi connectivity index (χ4n) is 2.50. The van der Waals surface area contributed by atoms with Crippen molar-refractivity contribution in [3.63, 3.8) is 0 Å². The molecular formula is C13H31NO2Si3. The van der Waals surface area contributed by atoms with Crippen molar-refractivity contribution in [1.82, 2.24) is 4.90 Å². The van der Waals surface area contributed by atoms with Gasteiger partial charge in [0.05, 0.1) is 0 Å². The minimum atomic E-state index is -2.20. The second kappa shape index (κ2) is 5.95. The molecule has 0 bridgehead atoms. The van der Waals surface area contributed by atoms with Crippen molar-refractivity contribution in [2.24, 2.45) is 0 Å². The third kappa shape index (κ3) is 5.65. The average Bonchev–Trinajstić information content (AvgIpc) is 2.59. The minimum Gasteiger partial charge on any atom is -0.434 e. The lowest BCUT2D eigenvalue weighted by Crippen LogP contribution is -2.54. The Hall–Kier alpha value is 0.271. The fraction of sp³-hybridized carbons (Fsp3) is 0.846. The summed E-state index contributed by atoms with van der Waals surface area (Å²) in [4.78, 5) is 2.45. The second-order valence-corrected chi connectivity index (χ2v) is 20.0. The minimum absolute atomic E-state index is 1.04. The molecule has 0 fully saturated rings. The van der Waals surface area contributed by atoms with Crippen molar-refractivity contribution in [2.45, 2.75) is 52.8 Å². The van der Waals surface area contributed by atoms with E-state index in [9.17, 15) is 0 Å². The normalized spacial score (nSPS) is 18.8. The van der Waals surface area contributed by atoms with Crippen LogP contribution < -0.4 is 0 Å². The summed E-state index contributed by atoms with van der Waals surface area (Å²) in [6, 6.07) is 0. The van der Waals surface area contributed by atoms with Crippen LogP contribution in [0, 0.1) is 0 Å². The van der Waals surface area contributed by atoms with E-state index in [4.69, 9.17) is 8.23 Å². The Morgan fingerprint density at radius 3 is 1.79 bits per heavy atom. The van der Waals surface area contributed by atoms with Gasteiger partial charge >= 0.3 is 8.56 Å². The van der Waals surface area contributed by atoms with Crippen molar-refractivity contribution < 1.29 is 8.23 Å². The molecule has 19 heavy (non-hydrogen) atoms. The Morgan fingerprint density at radius 1 is 1.00 bits per heavy atom. The lowest BCUT2D eigenvalue weighted by Gasteiger charge is -2.39. The van der Waals surface area contributed by atoms with Crippen molar-refractivity contribution in [3.05, 3.63) is 11.3 Å². The third-order valence-electron chi connectivity index (χ3n) is 3.02. The quantitative estimate of drug-likeness (QED) is 0.699. The van der Waals surface area contributed by atoms with Crippen LogP contribution in [0.4, 0.5) is 0 Å². The van der Waals surface area contributed by atoms with E-state index < -0.39 is 25.2 Å². The van der Waals surface area contributed by atoms with E-state index >= 15 is 0 Å². The summed E-state index contributed by atoms with van der Waals surface area (Å²) in [5.74, 6) is 0. The second-order valence-electron chi connectivity index (χ2n) is 7.43. The fourth-order valence-corrected chi connectivity index (χ4v) is 14.4. The third-order valence-corrected chi connectivity index (χ3v) is 12.6. The summed E-state index contributed by atoms with van der Waals surface area (Å²) in [5, 5.41) is 1.44. The van der Waals surface area contributed by atoms with Gasteiger partial charge in [-0.1, -0.05) is 13.0 Å². The Balaban J connectivity index is 2.93. The average molecular weight is 318 g/mol. The van der Waals surface area contributed by atoms with Gasteiger partial charge in [0.15, 0.2) is 16.6 Å².